The van der Waals surface area contributed by atoms with Crippen LogP contribution in [0, 0.1) is 0 Å². The predicted octanol–water partition coefficient (Wildman–Crippen LogP) is 5.16. The van der Waals surface area contributed by atoms with Gasteiger partial charge in [0.15, 0.2) is 7.51 Å². The number of para-hydroxylation sites is 1. The molecule has 1 aromatic rings. The van der Waals surface area contributed by atoms with Crippen molar-refractivity contribution in [3.8, 4) is 5.75 Å². The second kappa shape index (κ2) is 11.5. The summed E-state index contributed by atoms with van der Waals surface area (Å²) in [5.74, 6) is 0.526. The number of hydrogen-bond acceptors (Lipinski definition) is 2. The van der Waals surface area contributed by atoms with E-state index in [9.17, 15) is 4.79 Å². The molecular weight excluding hydrogens is 347 g/mol. The predicted molar refractivity (Wildman–Crippen MR) is 111 cm³/mol. The first-order valence-electron chi connectivity index (χ1n) is 9.69. The summed E-state index contributed by atoms with van der Waals surface area (Å²) in [6.45, 7) is 17.8. The molecule has 0 atom stereocenters. The fraction of sp³-hybridized carbons (Fsp3) is 0.632. The highest BCUT2D eigenvalue weighted by Crippen LogP contribution is 2.59. The number of carbonyl (C=O) groups is 1. The van der Waals surface area contributed by atoms with Crippen molar-refractivity contribution in [3.05, 3.63) is 30.3 Å². The number of ether oxygens (including phenoxy) is 1. The summed E-state index contributed by atoms with van der Waals surface area (Å²) in [5.41, 5.74) is 0. The summed E-state index contributed by atoms with van der Waals surface area (Å²) in [5, 5.41) is 0. The summed E-state index contributed by atoms with van der Waals surface area (Å²) < 4.78 is 17.3. The van der Waals surface area contributed by atoms with Crippen molar-refractivity contribution in [2.45, 2.75) is 41.5 Å². The average molecular weight is 382 g/mol. The molecule has 6 nitrogen and oxygen atoms in total. The first-order chi connectivity index (χ1) is 12.5. The third-order valence-electron chi connectivity index (χ3n) is 4.49. The fourth-order valence-electron chi connectivity index (χ4n) is 3.25. The van der Waals surface area contributed by atoms with Gasteiger partial charge >= 0.3 is 6.09 Å². The van der Waals surface area contributed by atoms with E-state index >= 15 is 0 Å². The van der Waals surface area contributed by atoms with Gasteiger partial charge in [-0.15, -0.1) is 4.74 Å². The zero-order chi connectivity index (χ0) is 19.6. The maximum absolute atomic E-state index is 12.8. The van der Waals surface area contributed by atoms with E-state index in [1.54, 1.807) is 12.1 Å². The molecule has 1 aromatic carbocycles. The molecule has 1 amide bonds. The van der Waals surface area contributed by atoms with Gasteiger partial charge in [-0.05, 0) is 12.1 Å². The third-order valence-corrected chi connectivity index (χ3v) is 8.90. The Bertz CT molecular complexity index is 544. The van der Waals surface area contributed by atoms with Crippen LogP contribution in [0.25, 0.3) is 0 Å². The normalized spacial score (nSPS) is 12.0. The van der Waals surface area contributed by atoms with Crippen LogP contribution in [-0.2, 0) is 0 Å². The maximum atomic E-state index is 12.8. The molecule has 1 rings (SSSR count). The molecule has 0 bridgehead atoms. The smallest absolute Gasteiger partial charge is 0.409 e. The lowest BCUT2D eigenvalue weighted by atomic mass is 10.3. The van der Waals surface area contributed by atoms with Crippen molar-refractivity contribution in [3.63, 3.8) is 0 Å². The van der Waals surface area contributed by atoms with E-state index < -0.39 is 13.6 Å². The van der Waals surface area contributed by atoms with Gasteiger partial charge in [-0.3, -0.25) is 0 Å². The summed E-state index contributed by atoms with van der Waals surface area (Å²) in [7, 11) is -2.37. The molecule has 7 heteroatoms. The van der Waals surface area contributed by atoms with Gasteiger partial charge in [-0.2, -0.15) is 0 Å². The number of amides is 1. The molecule has 0 saturated heterocycles. The number of benzene rings is 1. The van der Waals surface area contributed by atoms with Crippen LogP contribution in [0.15, 0.2) is 35.1 Å². The topological polar surface area (TPSA) is 48.4 Å². The highest BCUT2D eigenvalue weighted by atomic mass is 31.2. The standard InChI is InChI=1S/C19H35N4O2P/c1-7-21(8-2)26(22(9-3)10-4,23(11-5)12-6)20-19(24)25-18-16-14-13-15-17-18/h13-17H,7-12H2,1-6H3. The van der Waals surface area contributed by atoms with Crippen LogP contribution in [0.5, 0.6) is 5.75 Å². The van der Waals surface area contributed by atoms with Crippen molar-refractivity contribution in [1.82, 2.24) is 14.0 Å². The van der Waals surface area contributed by atoms with Gasteiger partial charge in [-0.1, -0.05) is 59.7 Å². The van der Waals surface area contributed by atoms with Gasteiger partial charge in [0.05, 0.1) is 0 Å². The molecule has 0 N–H and O–H groups in total. The highest BCUT2D eigenvalue weighted by molar-refractivity contribution is 7.59. The van der Waals surface area contributed by atoms with E-state index in [1.807, 2.05) is 18.2 Å². The Morgan fingerprint density at radius 2 is 1.19 bits per heavy atom. The van der Waals surface area contributed by atoms with Crippen LogP contribution in [0.2, 0.25) is 0 Å². The summed E-state index contributed by atoms with van der Waals surface area (Å²) in [6.07, 6.45) is -0.518. The van der Waals surface area contributed by atoms with E-state index in [0.717, 1.165) is 39.3 Å². The van der Waals surface area contributed by atoms with Gasteiger partial charge in [0, 0.05) is 39.3 Å². The fourth-order valence-corrected chi connectivity index (χ4v) is 7.24. The Morgan fingerprint density at radius 1 is 0.808 bits per heavy atom. The molecule has 0 spiro atoms. The van der Waals surface area contributed by atoms with Crippen LogP contribution in [0.1, 0.15) is 41.5 Å². The average Bonchev–Trinajstić information content (AvgIpc) is 2.65. The quantitative estimate of drug-likeness (QED) is 0.523. The van der Waals surface area contributed by atoms with E-state index in [-0.39, 0.29) is 0 Å². The van der Waals surface area contributed by atoms with Gasteiger partial charge in [0.2, 0.25) is 0 Å². The largest absolute Gasteiger partial charge is 0.441 e. The molecule has 0 radical (unpaired) electrons. The molecule has 0 heterocycles. The lowest BCUT2D eigenvalue weighted by molar-refractivity contribution is 0.210. The molecule has 0 saturated carbocycles. The Hall–Kier alpha value is -1.20. The molecule has 148 valence electrons. The van der Waals surface area contributed by atoms with E-state index in [0.29, 0.717) is 5.75 Å². The van der Waals surface area contributed by atoms with Crippen LogP contribution in [0.3, 0.4) is 0 Å². The lowest BCUT2D eigenvalue weighted by Gasteiger charge is -2.47. The zero-order valence-corrected chi connectivity index (χ0v) is 18.1. The van der Waals surface area contributed by atoms with Crippen molar-refractivity contribution >= 4 is 13.6 Å². The lowest BCUT2D eigenvalue weighted by Crippen LogP contribution is -2.41. The number of carbonyl (C=O) groups excluding carboxylic acids is 1. The SMILES string of the molecule is CCN(CC)P(=NC(=O)Oc1ccccc1)(N(CC)CC)N(CC)CC. The van der Waals surface area contributed by atoms with Crippen LogP contribution in [-0.4, -0.2) is 59.4 Å². The molecular formula is C19H35N4O2P. The molecule has 0 aromatic heterocycles. The Morgan fingerprint density at radius 3 is 1.54 bits per heavy atom. The maximum Gasteiger partial charge on any atom is 0.441 e. The van der Waals surface area contributed by atoms with Crippen molar-refractivity contribution in [1.29, 1.82) is 0 Å². The van der Waals surface area contributed by atoms with Crippen LogP contribution >= 0.6 is 7.51 Å². The number of hydrogen-bond donors (Lipinski definition) is 0. The molecule has 0 aliphatic heterocycles. The summed E-state index contributed by atoms with van der Waals surface area (Å²) in [6, 6.07) is 9.15. The van der Waals surface area contributed by atoms with Gasteiger partial charge in [0.1, 0.15) is 5.75 Å². The van der Waals surface area contributed by atoms with E-state index in [4.69, 9.17) is 9.48 Å². The minimum absolute atomic E-state index is 0.518. The van der Waals surface area contributed by atoms with Gasteiger partial charge in [0.25, 0.3) is 0 Å². The number of nitrogens with zero attached hydrogens (tertiary/aromatic N) is 4. The summed E-state index contributed by atoms with van der Waals surface area (Å²) >= 11 is 0. The van der Waals surface area contributed by atoms with Crippen LogP contribution < -0.4 is 4.74 Å². The summed E-state index contributed by atoms with van der Waals surface area (Å²) in [4.78, 5) is 12.8. The molecule has 26 heavy (non-hydrogen) atoms. The Balaban J connectivity index is 3.49. The Labute approximate surface area is 159 Å². The minimum Gasteiger partial charge on any atom is -0.409 e. The highest BCUT2D eigenvalue weighted by Gasteiger charge is 2.38. The second-order valence-corrected chi connectivity index (χ2v) is 8.70. The Kier molecular flexibility index (Phi) is 10.1. The van der Waals surface area contributed by atoms with Gasteiger partial charge in [-0.25, -0.2) is 18.8 Å². The first kappa shape index (κ1) is 22.8. The monoisotopic (exact) mass is 382 g/mol. The minimum atomic E-state index is -2.37. The van der Waals surface area contributed by atoms with Gasteiger partial charge < -0.3 is 4.74 Å². The first-order valence-corrected chi connectivity index (χ1v) is 11.3. The van der Waals surface area contributed by atoms with Crippen molar-refractivity contribution < 1.29 is 9.53 Å². The van der Waals surface area contributed by atoms with E-state index in [2.05, 4.69) is 55.6 Å². The molecule has 0 unspecified atom stereocenters. The van der Waals surface area contributed by atoms with Crippen molar-refractivity contribution in [2.24, 2.45) is 4.74 Å². The number of rotatable bonds is 10. The molecule has 0 aliphatic rings. The van der Waals surface area contributed by atoms with Crippen molar-refractivity contribution in [2.75, 3.05) is 39.3 Å². The zero-order valence-electron chi connectivity index (χ0n) is 17.2. The molecule has 0 fully saturated rings. The van der Waals surface area contributed by atoms with Crippen LogP contribution in [0.4, 0.5) is 4.79 Å². The van der Waals surface area contributed by atoms with E-state index in [1.165, 1.54) is 0 Å². The third kappa shape index (κ3) is 5.17. The second-order valence-electron chi connectivity index (χ2n) is 5.73. The molecule has 0 aliphatic carbocycles.